The van der Waals surface area contributed by atoms with Gasteiger partial charge in [0.05, 0.1) is 6.07 Å². The van der Waals surface area contributed by atoms with Crippen LogP contribution in [0, 0.1) is 11.3 Å². The summed E-state index contributed by atoms with van der Waals surface area (Å²) in [6.45, 7) is 1.91. The first-order valence-corrected chi connectivity index (χ1v) is 6.42. The molecule has 94 valence electrons. The number of nitriles is 1. The SMILES string of the molecule is CN(CCC#N)CCCc1c[nH]c2ccccc12. The number of hydrogen-bond donors (Lipinski definition) is 1. The monoisotopic (exact) mass is 241 g/mol. The van der Waals surface area contributed by atoms with Crippen molar-refractivity contribution in [3.05, 3.63) is 36.0 Å². The van der Waals surface area contributed by atoms with Crippen LogP contribution in [-0.4, -0.2) is 30.0 Å². The fraction of sp³-hybridized carbons (Fsp3) is 0.400. The molecule has 0 spiro atoms. The lowest BCUT2D eigenvalue weighted by atomic mass is 10.1. The second-order valence-electron chi connectivity index (χ2n) is 4.67. The van der Waals surface area contributed by atoms with Gasteiger partial charge in [-0.05, 0) is 38.1 Å². The fourth-order valence-corrected chi connectivity index (χ4v) is 2.23. The molecule has 2 aromatic rings. The summed E-state index contributed by atoms with van der Waals surface area (Å²) in [5, 5.41) is 9.86. The van der Waals surface area contributed by atoms with Gasteiger partial charge in [0.1, 0.15) is 0 Å². The number of H-pyrrole nitrogens is 1. The summed E-state index contributed by atoms with van der Waals surface area (Å²) in [5.74, 6) is 0. The molecule has 0 radical (unpaired) electrons. The smallest absolute Gasteiger partial charge is 0.0635 e. The van der Waals surface area contributed by atoms with E-state index in [1.165, 1.54) is 16.5 Å². The number of benzene rings is 1. The van der Waals surface area contributed by atoms with Gasteiger partial charge in [-0.1, -0.05) is 18.2 Å². The van der Waals surface area contributed by atoms with E-state index in [-0.39, 0.29) is 0 Å². The van der Waals surface area contributed by atoms with E-state index in [2.05, 4.69) is 53.5 Å². The standard InChI is InChI=1S/C15H19N3/c1-18(11-5-9-16)10-4-6-13-12-17-15-8-3-2-7-14(13)15/h2-3,7-8,12,17H,4-6,10-11H2,1H3. The van der Waals surface area contributed by atoms with Gasteiger partial charge in [-0.3, -0.25) is 0 Å². The largest absolute Gasteiger partial charge is 0.361 e. The van der Waals surface area contributed by atoms with E-state index in [0.29, 0.717) is 6.42 Å². The molecule has 0 saturated heterocycles. The summed E-state index contributed by atoms with van der Waals surface area (Å²) in [4.78, 5) is 5.52. The highest BCUT2D eigenvalue weighted by Gasteiger charge is 2.03. The lowest BCUT2D eigenvalue weighted by Crippen LogP contribution is -2.20. The first-order valence-electron chi connectivity index (χ1n) is 6.42. The number of aromatic amines is 1. The van der Waals surface area contributed by atoms with Gasteiger partial charge in [-0.25, -0.2) is 0 Å². The molecule has 18 heavy (non-hydrogen) atoms. The molecule has 0 aliphatic rings. The van der Waals surface area contributed by atoms with E-state index in [9.17, 15) is 0 Å². The van der Waals surface area contributed by atoms with Crippen LogP contribution < -0.4 is 0 Å². The number of fused-ring (bicyclic) bond motifs is 1. The third-order valence-electron chi connectivity index (χ3n) is 3.27. The van der Waals surface area contributed by atoms with Crippen molar-refractivity contribution >= 4 is 10.9 Å². The Morgan fingerprint density at radius 3 is 2.94 bits per heavy atom. The molecular weight excluding hydrogens is 222 g/mol. The van der Waals surface area contributed by atoms with E-state index in [1.54, 1.807) is 0 Å². The van der Waals surface area contributed by atoms with E-state index in [4.69, 9.17) is 5.26 Å². The van der Waals surface area contributed by atoms with Gasteiger partial charge in [0.15, 0.2) is 0 Å². The van der Waals surface area contributed by atoms with Crippen LogP contribution in [-0.2, 0) is 6.42 Å². The van der Waals surface area contributed by atoms with E-state index < -0.39 is 0 Å². The van der Waals surface area contributed by atoms with E-state index in [0.717, 1.165) is 25.9 Å². The number of para-hydroxylation sites is 1. The molecule has 1 heterocycles. The average molecular weight is 241 g/mol. The summed E-state index contributed by atoms with van der Waals surface area (Å²) in [6, 6.07) is 10.6. The fourth-order valence-electron chi connectivity index (χ4n) is 2.23. The van der Waals surface area contributed by atoms with Crippen LogP contribution in [0.3, 0.4) is 0 Å². The van der Waals surface area contributed by atoms with Crippen molar-refractivity contribution in [2.75, 3.05) is 20.1 Å². The van der Waals surface area contributed by atoms with E-state index >= 15 is 0 Å². The third-order valence-corrected chi connectivity index (χ3v) is 3.27. The second-order valence-corrected chi connectivity index (χ2v) is 4.67. The average Bonchev–Trinajstić information content (AvgIpc) is 2.80. The zero-order valence-corrected chi connectivity index (χ0v) is 10.8. The maximum absolute atomic E-state index is 8.53. The lowest BCUT2D eigenvalue weighted by Gasteiger charge is -2.13. The Hall–Kier alpha value is -1.79. The van der Waals surface area contributed by atoms with Crippen molar-refractivity contribution in [3.63, 3.8) is 0 Å². The maximum Gasteiger partial charge on any atom is 0.0635 e. The minimum Gasteiger partial charge on any atom is -0.361 e. The summed E-state index contributed by atoms with van der Waals surface area (Å²) in [7, 11) is 2.08. The number of hydrogen-bond acceptors (Lipinski definition) is 2. The van der Waals surface area contributed by atoms with Gasteiger partial charge in [0.2, 0.25) is 0 Å². The summed E-state index contributed by atoms with van der Waals surface area (Å²) in [5.41, 5.74) is 2.60. The molecule has 2 rings (SSSR count). The lowest BCUT2D eigenvalue weighted by molar-refractivity contribution is 0.337. The summed E-state index contributed by atoms with van der Waals surface area (Å²) in [6.07, 6.45) is 4.94. The van der Waals surface area contributed by atoms with Gasteiger partial charge in [-0.15, -0.1) is 0 Å². The molecule has 0 saturated carbocycles. The minimum absolute atomic E-state index is 0.615. The van der Waals surface area contributed by atoms with E-state index in [1.807, 2.05) is 0 Å². The van der Waals surface area contributed by atoms with Crippen molar-refractivity contribution in [1.29, 1.82) is 5.26 Å². The molecule has 1 aromatic carbocycles. The van der Waals surface area contributed by atoms with Gasteiger partial charge in [0.25, 0.3) is 0 Å². The molecular formula is C15H19N3. The molecule has 0 fully saturated rings. The predicted octanol–water partition coefficient (Wildman–Crippen LogP) is 2.95. The summed E-state index contributed by atoms with van der Waals surface area (Å²) >= 11 is 0. The van der Waals surface area contributed by atoms with Gasteiger partial charge in [-0.2, -0.15) is 5.26 Å². The number of nitrogens with zero attached hydrogens (tertiary/aromatic N) is 2. The zero-order chi connectivity index (χ0) is 12.8. The van der Waals surface area contributed by atoms with Crippen LogP contribution in [0.5, 0.6) is 0 Å². The molecule has 0 aliphatic carbocycles. The molecule has 0 aliphatic heterocycles. The van der Waals surface area contributed by atoms with Crippen molar-refractivity contribution in [2.45, 2.75) is 19.3 Å². The highest BCUT2D eigenvalue weighted by atomic mass is 15.1. The maximum atomic E-state index is 8.53. The Balaban J connectivity index is 1.85. The molecule has 1 aromatic heterocycles. The molecule has 1 N–H and O–H groups in total. The third kappa shape index (κ3) is 3.12. The number of aryl methyl sites for hydroxylation is 1. The predicted molar refractivity (Wildman–Crippen MR) is 74.3 cm³/mol. The van der Waals surface area contributed by atoms with Crippen molar-refractivity contribution < 1.29 is 0 Å². The molecule has 0 atom stereocenters. The first kappa shape index (κ1) is 12.7. The molecule has 0 amide bonds. The first-order chi connectivity index (χ1) is 8.81. The van der Waals surface area contributed by atoms with Gasteiger partial charge in [0, 0.05) is 30.1 Å². The molecule has 3 nitrogen and oxygen atoms in total. The van der Waals surface area contributed by atoms with Gasteiger partial charge < -0.3 is 9.88 Å². The van der Waals surface area contributed by atoms with Crippen LogP contribution in [0.25, 0.3) is 10.9 Å². The zero-order valence-electron chi connectivity index (χ0n) is 10.8. The molecule has 0 bridgehead atoms. The van der Waals surface area contributed by atoms with Gasteiger partial charge >= 0.3 is 0 Å². The van der Waals surface area contributed by atoms with Crippen LogP contribution in [0.2, 0.25) is 0 Å². The Morgan fingerprint density at radius 2 is 2.11 bits per heavy atom. The Labute approximate surface area is 108 Å². The van der Waals surface area contributed by atoms with Crippen LogP contribution in [0.15, 0.2) is 30.5 Å². The Kier molecular flexibility index (Phi) is 4.38. The number of rotatable bonds is 6. The van der Waals surface area contributed by atoms with Crippen LogP contribution in [0.4, 0.5) is 0 Å². The second kappa shape index (κ2) is 6.23. The quantitative estimate of drug-likeness (QED) is 0.845. The van der Waals surface area contributed by atoms with Crippen LogP contribution >= 0.6 is 0 Å². The normalized spacial score (nSPS) is 10.9. The van der Waals surface area contributed by atoms with Crippen molar-refractivity contribution in [3.8, 4) is 6.07 Å². The van der Waals surface area contributed by atoms with Crippen molar-refractivity contribution in [1.82, 2.24) is 9.88 Å². The minimum atomic E-state index is 0.615. The molecule has 0 unspecified atom stereocenters. The van der Waals surface area contributed by atoms with Crippen LogP contribution in [0.1, 0.15) is 18.4 Å². The number of aromatic nitrogens is 1. The Bertz CT molecular complexity index is 536. The number of nitrogens with one attached hydrogen (secondary N) is 1. The Morgan fingerprint density at radius 1 is 1.28 bits per heavy atom. The summed E-state index contributed by atoms with van der Waals surface area (Å²) < 4.78 is 0. The topological polar surface area (TPSA) is 42.8 Å². The highest BCUT2D eigenvalue weighted by molar-refractivity contribution is 5.82. The van der Waals surface area contributed by atoms with Crippen molar-refractivity contribution in [2.24, 2.45) is 0 Å². The molecule has 3 heteroatoms. The highest BCUT2D eigenvalue weighted by Crippen LogP contribution is 2.18.